The van der Waals surface area contributed by atoms with Crippen LogP contribution in [-0.4, -0.2) is 71.5 Å². The summed E-state index contributed by atoms with van der Waals surface area (Å²) in [7, 11) is 5.84. The van der Waals surface area contributed by atoms with E-state index in [1.165, 1.54) is 27.4 Å². The molecule has 0 bridgehead atoms. The normalized spacial score (nSPS) is 24.7. The number of carbonyl (C=O) groups excluding carboxylic acids is 2. The van der Waals surface area contributed by atoms with Crippen molar-refractivity contribution in [2.75, 3.05) is 28.4 Å². The molecule has 17 heteroatoms. The van der Waals surface area contributed by atoms with Crippen molar-refractivity contribution in [3.8, 4) is 0 Å². The van der Waals surface area contributed by atoms with Crippen LogP contribution in [-0.2, 0) is 33.1 Å². The molecule has 0 unspecified atom stereocenters. The zero-order chi connectivity index (χ0) is 34.0. The highest BCUT2D eigenvalue weighted by Gasteiger charge is 2.45. The first-order valence-corrected chi connectivity index (χ1v) is 18.9. The van der Waals surface area contributed by atoms with Crippen LogP contribution in [0.15, 0.2) is 16.9 Å². The molecule has 45 heavy (non-hydrogen) atoms. The van der Waals surface area contributed by atoms with Crippen molar-refractivity contribution >= 4 is 62.5 Å². The van der Waals surface area contributed by atoms with Crippen molar-refractivity contribution in [2.45, 2.75) is 88.3 Å². The molecule has 2 aromatic rings. The van der Waals surface area contributed by atoms with Crippen LogP contribution in [0.2, 0.25) is 5.15 Å². The Morgan fingerprint density at radius 3 is 1.60 bits per heavy atom. The average molecular weight is 732 g/mol. The highest BCUT2D eigenvalue weighted by atomic mass is 36.0. The number of hydrogen-bond acceptors (Lipinski definition) is 11. The lowest BCUT2D eigenvalue weighted by atomic mass is 9.78. The zero-order valence-corrected chi connectivity index (χ0v) is 30.0. The molecule has 0 aliphatic heterocycles. The van der Waals surface area contributed by atoms with Crippen molar-refractivity contribution in [1.82, 2.24) is 19.9 Å². The average Bonchev–Trinajstić information content (AvgIpc) is 2.98. The Morgan fingerprint density at radius 2 is 1.22 bits per heavy atom. The lowest BCUT2D eigenvalue weighted by molar-refractivity contribution is -0.171. The number of nitrogens with zero attached hydrogens (tertiary/aromatic N) is 3. The van der Waals surface area contributed by atoms with Crippen molar-refractivity contribution in [2.24, 2.45) is 0 Å². The van der Waals surface area contributed by atoms with E-state index in [-0.39, 0.29) is 29.3 Å². The molecule has 1 N–H and O–H groups in total. The van der Waals surface area contributed by atoms with Gasteiger partial charge in [0.15, 0.2) is 11.2 Å². The first-order valence-electron chi connectivity index (χ1n) is 14.1. The first-order chi connectivity index (χ1) is 21.0. The number of H-pyrrole nitrogens is 1. The van der Waals surface area contributed by atoms with Gasteiger partial charge in [0.2, 0.25) is 0 Å². The monoisotopic (exact) mass is 730 g/mol. The van der Waals surface area contributed by atoms with Crippen LogP contribution in [0.3, 0.4) is 0 Å². The summed E-state index contributed by atoms with van der Waals surface area (Å²) in [5, 5.41) is -2.76. The van der Waals surface area contributed by atoms with Gasteiger partial charge in [-0.1, -0.05) is 11.6 Å². The highest BCUT2D eigenvalue weighted by molar-refractivity contribution is 8.24. The summed E-state index contributed by atoms with van der Waals surface area (Å²) in [4.78, 5) is 51.1. The van der Waals surface area contributed by atoms with E-state index in [1.54, 1.807) is 20.1 Å². The number of methoxy groups -OCH3 is 4. The first kappa shape index (κ1) is 39.4. The molecule has 0 amide bonds. The number of aromatic nitrogens is 4. The lowest BCUT2D eigenvalue weighted by Crippen LogP contribution is -2.44. The fourth-order valence-electron chi connectivity index (χ4n) is 5.59. The number of rotatable bonds is 6. The molecular formula is C28H39Cl4N4O8P. The van der Waals surface area contributed by atoms with E-state index in [1.807, 2.05) is 6.92 Å². The topological polar surface area (TPSA) is 160 Å². The number of hydrogen-bond donors (Lipinski definition) is 1. The van der Waals surface area contributed by atoms with E-state index in [0.29, 0.717) is 42.4 Å². The van der Waals surface area contributed by atoms with Gasteiger partial charge in [-0.05, 0) is 105 Å². The maximum atomic E-state index is 11.9. The molecule has 2 aliphatic carbocycles. The van der Waals surface area contributed by atoms with Crippen LogP contribution in [0.4, 0.5) is 0 Å². The van der Waals surface area contributed by atoms with Crippen LogP contribution in [0.5, 0.6) is 0 Å². The highest BCUT2D eigenvalue weighted by Crippen LogP contribution is 2.61. The van der Waals surface area contributed by atoms with Gasteiger partial charge in [-0.25, -0.2) is 24.5 Å². The molecule has 12 nitrogen and oxygen atoms in total. The van der Waals surface area contributed by atoms with E-state index >= 15 is 0 Å². The van der Waals surface area contributed by atoms with Gasteiger partial charge in [0.25, 0.3) is 5.56 Å². The molecule has 252 valence electrons. The third kappa shape index (κ3) is 11.8. The minimum absolute atomic E-state index is 0.135. The Hall–Kier alpha value is -1.79. The summed E-state index contributed by atoms with van der Waals surface area (Å²) in [6.45, 7) is 3.70. The van der Waals surface area contributed by atoms with Crippen LogP contribution in [0.1, 0.15) is 86.2 Å². The second kappa shape index (κ2) is 17.4. The number of aryl methyl sites for hydroxylation is 2. The lowest BCUT2D eigenvalue weighted by Gasteiger charge is -2.36. The minimum Gasteiger partial charge on any atom is -0.467 e. The fraction of sp³-hybridized carbons (Fsp3) is 0.643. The maximum absolute atomic E-state index is 11.9. The Morgan fingerprint density at radius 1 is 0.800 bits per heavy atom. The van der Waals surface area contributed by atoms with Gasteiger partial charge in [-0.3, -0.25) is 9.36 Å². The molecule has 2 saturated carbocycles. The van der Waals surface area contributed by atoms with E-state index < -0.39 is 16.4 Å². The number of nitrogens with one attached hydrogen (secondary N) is 1. The Balaban J connectivity index is 0.000000273. The number of ether oxygens (including phenoxy) is 4. The van der Waals surface area contributed by atoms with Gasteiger partial charge in [0.1, 0.15) is 16.8 Å². The molecule has 2 fully saturated rings. The summed E-state index contributed by atoms with van der Waals surface area (Å²) in [6, 6.07) is 3.21. The van der Waals surface area contributed by atoms with Gasteiger partial charge in [-0.2, -0.15) is 0 Å². The third-order valence-electron chi connectivity index (χ3n) is 7.96. The summed E-state index contributed by atoms with van der Waals surface area (Å²) < 4.78 is 30.0. The summed E-state index contributed by atoms with van der Waals surface area (Å²) in [6.07, 6.45) is 5.37. The van der Waals surface area contributed by atoms with Crippen molar-refractivity contribution in [3.05, 3.63) is 50.7 Å². The molecule has 2 heterocycles. The van der Waals surface area contributed by atoms with Crippen molar-refractivity contribution in [1.29, 1.82) is 0 Å². The largest absolute Gasteiger partial charge is 0.467 e. The molecule has 0 atom stereocenters. The van der Waals surface area contributed by atoms with Gasteiger partial charge in [0, 0.05) is 43.5 Å². The molecule has 0 aromatic carbocycles. The predicted molar refractivity (Wildman–Crippen MR) is 172 cm³/mol. The van der Waals surface area contributed by atoms with Gasteiger partial charge >= 0.3 is 17.1 Å². The number of carbonyl (C=O) groups is 2. The number of esters is 2. The van der Waals surface area contributed by atoms with Crippen LogP contribution in [0.25, 0.3) is 0 Å². The summed E-state index contributed by atoms with van der Waals surface area (Å²) >= 11 is 19.8. The molecule has 0 radical (unpaired) electrons. The van der Waals surface area contributed by atoms with Crippen LogP contribution in [0, 0.1) is 13.8 Å². The van der Waals surface area contributed by atoms with E-state index in [9.17, 15) is 18.9 Å². The van der Waals surface area contributed by atoms with E-state index in [4.69, 9.17) is 30.5 Å². The quantitative estimate of drug-likeness (QED) is 0.190. The smallest absolute Gasteiger partial charge is 0.339 e. The van der Waals surface area contributed by atoms with Gasteiger partial charge in [-0.15, -0.1) is 0 Å². The molecule has 2 aromatic heterocycles. The number of halogens is 4. The third-order valence-corrected chi connectivity index (χ3v) is 8.16. The molecule has 0 saturated heterocycles. The second-order valence-corrected chi connectivity index (χ2v) is 17.8. The molecule has 4 rings (SSSR count). The second-order valence-electron chi connectivity index (χ2n) is 10.8. The van der Waals surface area contributed by atoms with Crippen LogP contribution >= 0.6 is 50.5 Å². The zero-order valence-electron chi connectivity index (χ0n) is 26.0. The van der Waals surface area contributed by atoms with Crippen molar-refractivity contribution in [3.63, 3.8) is 0 Å². The molecule has 2 aliphatic rings. The van der Waals surface area contributed by atoms with Crippen LogP contribution < -0.4 is 5.56 Å². The van der Waals surface area contributed by atoms with E-state index in [2.05, 4.69) is 53.7 Å². The molecule has 0 spiro atoms. The minimum atomic E-state index is -3.22. The summed E-state index contributed by atoms with van der Waals surface area (Å²) in [5.74, 6) is 1.18. The molecular weight excluding hydrogens is 693 g/mol. The SMILES string of the molecule is COC(=O)C1(OC)CCC(c2nc(C)cc(=O)[nH]2)CC1.COC(=O)C1(OC)CCC(c2nc(C)cc(Cl)n2)CC1.O=P(Cl)(Cl)Cl. The maximum Gasteiger partial charge on any atom is 0.339 e. The van der Waals surface area contributed by atoms with Crippen molar-refractivity contribution < 1.29 is 33.1 Å². The summed E-state index contributed by atoms with van der Waals surface area (Å²) in [5.41, 5.74) is -0.241. The number of aromatic amines is 1. The standard InChI is InChI=1S/C14H19ClN2O3.C14H20N2O4.Cl3OP/c1-9-8-11(15)17-12(16-9)10-4-6-14(20-3,7-5-10)13(18)19-2;1-9-8-11(17)16-12(15-9)10-4-6-14(20-3,7-5-10)13(18)19-2;1-5(2,3)4/h8,10H,4-7H2,1-3H3;8,10H,4-7H2,1-3H3,(H,15,16,17);. The Kier molecular flexibility index (Phi) is 15.2. The van der Waals surface area contributed by atoms with Gasteiger partial charge in [0.05, 0.1) is 14.2 Å². The Labute approximate surface area is 281 Å². The van der Waals surface area contributed by atoms with Gasteiger partial charge < -0.3 is 23.9 Å². The predicted octanol–water partition coefficient (Wildman–Crippen LogP) is 6.76. The Bertz CT molecular complexity index is 1380. The van der Waals surface area contributed by atoms with E-state index in [0.717, 1.165) is 37.2 Å². The fourth-order valence-corrected chi connectivity index (χ4v) is 5.83.